The lowest BCUT2D eigenvalue weighted by Gasteiger charge is -2.18. The van der Waals surface area contributed by atoms with Crippen LogP contribution in [0.15, 0.2) is 52.4 Å². The topological polar surface area (TPSA) is 58.1 Å². The number of allylic oxidation sites excluding steroid dienone is 4. The summed E-state index contributed by atoms with van der Waals surface area (Å²) >= 11 is 0. The van der Waals surface area contributed by atoms with Crippen LogP contribution in [0.5, 0.6) is 0 Å². The van der Waals surface area contributed by atoms with E-state index in [0.717, 1.165) is 37.0 Å². The number of benzene rings is 1. The lowest BCUT2D eigenvalue weighted by atomic mass is 9.99. The van der Waals surface area contributed by atoms with Crippen molar-refractivity contribution >= 4 is 10.9 Å². The summed E-state index contributed by atoms with van der Waals surface area (Å²) in [6, 6.07) is 7.42. The van der Waals surface area contributed by atoms with Crippen LogP contribution >= 0.6 is 0 Å². The Bertz CT molecular complexity index is 1020. The quantitative estimate of drug-likeness (QED) is 0.489. The van der Waals surface area contributed by atoms with E-state index in [1.54, 1.807) is 4.68 Å². The molecule has 1 saturated heterocycles. The number of aliphatic hydroxyl groups excluding tert-OH is 1. The number of hydrogen-bond acceptors (Lipinski definition) is 4. The molecule has 1 N–H and O–H groups in total. The van der Waals surface area contributed by atoms with Gasteiger partial charge in [0.05, 0.1) is 29.1 Å². The average molecular weight is 410 g/mol. The maximum absolute atomic E-state index is 13.3. The number of nitrogens with zero attached hydrogens (tertiary/aromatic N) is 3. The van der Waals surface area contributed by atoms with Crippen molar-refractivity contribution in [2.75, 3.05) is 11.6 Å². The highest BCUT2D eigenvalue weighted by atomic mass is 16.3. The van der Waals surface area contributed by atoms with Gasteiger partial charge in [0.1, 0.15) is 5.82 Å². The van der Waals surface area contributed by atoms with Gasteiger partial charge in [-0.1, -0.05) is 42.4 Å². The first kappa shape index (κ1) is 22.3. The molecule has 0 aliphatic carbocycles. The molecule has 30 heavy (non-hydrogen) atoms. The molecule has 0 radical (unpaired) electrons. The highest BCUT2D eigenvalue weighted by molar-refractivity contribution is 5.77. The smallest absolute Gasteiger partial charge is 0.280 e. The largest absolute Gasteiger partial charge is 0.394 e. The van der Waals surface area contributed by atoms with Gasteiger partial charge in [0.25, 0.3) is 5.56 Å². The number of aromatic nitrogens is 2. The second-order valence-corrected chi connectivity index (χ2v) is 8.83. The second kappa shape index (κ2) is 9.17. The molecule has 0 saturated carbocycles. The molecular weight excluding hydrogens is 374 g/mol. The van der Waals surface area contributed by atoms with Gasteiger partial charge in [0, 0.05) is 6.42 Å². The molecule has 0 bridgehead atoms. The van der Waals surface area contributed by atoms with Crippen LogP contribution in [0.3, 0.4) is 0 Å². The third kappa shape index (κ3) is 4.36. The van der Waals surface area contributed by atoms with Gasteiger partial charge in [0.15, 0.2) is 0 Å². The van der Waals surface area contributed by atoms with Crippen molar-refractivity contribution in [3.05, 3.63) is 63.7 Å². The van der Waals surface area contributed by atoms with E-state index in [4.69, 9.17) is 4.98 Å². The Balaban J connectivity index is 1.81. The predicted molar refractivity (Wildman–Crippen MR) is 125 cm³/mol. The van der Waals surface area contributed by atoms with Gasteiger partial charge in [-0.15, -0.1) is 0 Å². The lowest BCUT2D eigenvalue weighted by molar-refractivity contribution is 0.287. The maximum atomic E-state index is 13.3. The van der Waals surface area contributed by atoms with Crippen LogP contribution < -0.4 is 10.6 Å². The van der Waals surface area contributed by atoms with E-state index in [2.05, 4.69) is 39.8 Å². The van der Waals surface area contributed by atoms with Crippen molar-refractivity contribution in [2.45, 2.75) is 78.3 Å². The molecule has 1 aromatic heterocycles. The Morgan fingerprint density at radius 1 is 1.20 bits per heavy atom. The Kier molecular flexibility index (Phi) is 6.81. The van der Waals surface area contributed by atoms with Crippen LogP contribution in [0.1, 0.15) is 66.1 Å². The van der Waals surface area contributed by atoms with Crippen molar-refractivity contribution in [3.63, 3.8) is 0 Å². The molecule has 1 fully saturated rings. The zero-order valence-electron chi connectivity index (χ0n) is 19.0. The first-order valence-corrected chi connectivity index (χ1v) is 11.0. The molecule has 1 aliphatic heterocycles. The molecule has 2 aromatic rings. The van der Waals surface area contributed by atoms with Gasteiger partial charge in [-0.05, 0) is 65.5 Å². The number of aryl methyl sites for hydroxylation is 1. The molecule has 3 rings (SSSR count). The summed E-state index contributed by atoms with van der Waals surface area (Å²) in [5, 5.41) is 12.7. The Hall–Kier alpha value is -2.40. The minimum Gasteiger partial charge on any atom is -0.394 e. The molecule has 2 heterocycles. The van der Waals surface area contributed by atoms with Crippen LogP contribution in [0.2, 0.25) is 0 Å². The number of fused-ring (bicyclic) bond motifs is 1. The first-order chi connectivity index (χ1) is 14.3. The Morgan fingerprint density at radius 3 is 2.60 bits per heavy atom. The van der Waals surface area contributed by atoms with Gasteiger partial charge in [-0.25, -0.2) is 9.66 Å². The van der Waals surface area contributed by atoms with E-state index < -0.39 is 0 Å². The van der Waals surface area contributed by atoms with Gasteiger partial charge in [0.2, 0.25) is 0 Å². The highest BCUT2D eigenvalue weighted by Crippen LogP contribution is 2.42. The van der Waals surface area contributed by atoms with Gasteiger partial charge < -0.3 is 5.11 Å². The highest BCUT2D eigenvalue weighted by Gasteiger charge is 2.59. The SMILES string of the molecule is CCc1nc2ccccc2c(=O)n1N1[C@@H](CO)[C@]1(C)CC/C=C(\C)CCC=C(C)C. The molecule has 162 valence electrons. The third-order valence-corrected chi connectivity index (χ3v) is 6.23. The predicted octanol–water partition coefficient (Wildman–Crippen LogP) is 4.50. The number of aliphatic hydroxyl groups is 1. The molecule has 1 aromatic carbocycles. The fraction of sp³-hybridized carbons (Fsp3) is 0.520. The van der Waals surface area contributed by atoms with Gasteiger partial charge >= 0.3 is 0 Å². The standard InChI is InChI=1S/C25H35N3O2/c1-6-23-26-21-15-8-7-14-20(21)24(30)27(23)28-22(17-29)25(28,5)16-10-13-19(4)12-9-11-18(2)3/h7-8,11,13-15,22,29H,6,9-10,12,16-17H2,1-5H3/b19-13+/t22-,25-,28?/m0/s1. The zero-order valence-corrected chi connectivity index (χ0v) is 19.0. The van der Waals surface area contributed by atoms with Crippen LogP contribution in [0.25, 0.3) is 10.9 Å². The summed E-state index contributed by atoms with van der Waals surface area (Å²) in [5.41, 5.74) is 3.18. The van der Waals surface area contributed by atoms with Crippen molar-refractivity contribution in [1.82, 2.24) is 9.66 Å². The third-order valence-electron chi connectivity index (χ3n) is 6.23. The molecule has 0 amide bonds. The van der Waals surface area contributed by atoms with E-state index in [1.165, 1.54) is 11.1 Å². The van der Waals surface area contributed by atoms with E-state index in [9.17, 15) is 9.90 Å². The van der Waals surface area contributed by atoms with E-state index >= 15 is 0 Å². The minimum atomic E-state index is -0.247. The van der Waals surface area contributed by atoms with Crippen molar-refractivity contribution in [3.8, 4) is 0 Å². The van der Waals surface area contributed by atoms with Crippen LogP contribution in [-0.2, 0) is 6.42 Å². The number of hydrogen-bond donors (Lipinski definition) is 1. The van der Waals surface area contributed by atoms with Crippen molar-refractivity contribution in [1.29, 1.82) is 0 Å². The molecular formula is C25H35N3O2. The minimum absolute atomic E-state index is 0.0299. The Labute approximate surface area is 179 Å². The summed E-state index contributed by atoms with van der Waals surface area (Å²) in [5.74, 6) is 0.745. The van der Waals surface area contributed by atoms with E-state index in [0.29, 0.717) is 11.8 Å². The lowest BCUT2D eigenvalue weighted by Crippen LogP contribution is -2.37. The van der Waals surface area contributed by atoms with Crippen LogP contribution in [0, 0.1) is 0 Å². The molecule has 5 heteroatoms. The summed E-state index contributed by atoms with van der Waals surface area (Å²) in [4.78, 5) is 18.0. The van der Waals surface area contributed by atoms with Gasteiger partial charge in [-0.3, -0.25) is 9.80 Å². The van der Waals surface area contributed by atoms with Crippen molar-refractivity contribution < 1.29 is 5.11 Å². The van der Waals surface area contributed by atoms with E-state index in [1.807, 2.05) is 36.2 Å². The Morgan fingerprint density at radius 2 is 1.93 bits per heavy atom. The summed E-state index contributed by atoms with van der Waals surface area (Å²) in [6.45, 7) is 10.6. The fourth-order valence-electron chi connectivity index (χ4n) is 4.33. The normalized spacial score (nSPS) is 21.2. The summed E-state index contributed by atoms with van der Waals surface area (Å²) in [6.07, 6.45) is 9.20. The van der Waals surface area contributed by atoms with Crippen LogP contribution in [-0.4, -0.2) is 33.0 Å². The summed E-state index contributed by atoms with van der Waals surface area (Å²) < 4.78 is 1.72. The number of para-hydroxylation sites is 1. The summed E-state index contributed by atoms with van der Waals surface area (Å²) in [7, 11) is 0. The second-order valence-electron chi connectivity index (χ2n) is 8.83. The maximum Gasteiger partial charge on any atom is 0.280 e. The van der Waals surface area contributed by atoms with Gasteiger partial charge in [-0.2, -0.15) is 0 Å². The molecule has 2 atom stereocenters. The molecule has 5 nitrogen and oxygen atoms in total. The number of rotatable bonds is 9. The first-order valence-electron chi connectivity index (χ1n) is 11.0. The average Bonchev–Trinajstić information content (AvgIpc) is 3.30. The van der Waals surface area contributed by atoms with Crippen LogP contribution in [0.4, 0.5) is 0 Å². The molecule has 1 aliphatic rings. The zero-order chi connectivity index (χ0) is 21.9. The van der Waals surface area contributed by atoms with Crippen molar-refractivity contribution in [2.24, 2.45) is 0 Å². The monoisotopic (exact) mass is 409 g/mol. The fourth-order valence-corrected chi connectivity index (χ4v) is 4.33. The molecule has 0 unspecified atom stereocenters. The van der Waals surface area contributed by atoms with E-state index in [-0.39, 0.29) is 23.7 Å². The molecule has 0 spiro atoms.